The van der Waals surface area contributed by atoms with E-state index < -0.39 is 5.97 Å². The molecule has 0 atom stereocenters. The van der Waals surface area contributed by atoms with Gasteiger partial charge in [0, 0.05) is 12.7 Å². The molecule has 23 heavy (non-hydrogen) atoms. The Morgan fingerprint density at radius 1 is 1.26 bits per heavy atom. The monoisotopic (exact) mass is 317 g/mol. The Bertz CT molecular complexity index is 499. The zero-order chi connectivity index (χ0) is 17.5. The number of carboxylic acid groups (broad SMARTS) is 1. The third kappa shape index (κ3) is 12.0. The van der Waals surface area contributed by atoms with E-state index in [4.69, 9.17) is 9.84 Å². The number of likely N-dealkylation sites (N-methyl/N-ethyl adjacent to an activating group) is 1. The fraction of sp³-hybridized carbons (Fsp3) is 0.316. The van der Waals surface area contributed by atoms with Gasteiger partial charge in [0.15, 0.2) is 0 Å². The maximum absolute atomic E-state index is 10.7. The van der Waals surface area contributed by atoms with Gasteiger partial charge in [-0.1, -0.05) is 61.3 Å². The Balaban J connectivity index is 4.08. The van der Waals surface area contributed by atoms with Crippen molar-refractivity contribution in [3.63, 3.8) is 0 Å². The first-order valence-corrected chi connectivity index (χ1v) is 7.48. The van der Waals surface area contributed by atoms with Gasteiger partial charge in [-0.3, -0.25) is 4.79 Å². The Kier molecular flexibility index (Phi) is 12.0. The van der Waals surface area contributed by atoms with Gasteiger partial charge in [-0.15, -0.1) is 0 Å². The number of hydrogen-bond acceptors (Lipinski definition) is 3. The Hall–Kier alpha value is -2.33. The van der Waals surface area contributed by atoms with Crippen molar-refractivity contribution in [1.82, 2.24) is 4.90 Å². The standard InChI is InChI=1S/C19H27NO3/c1-5-7-8-9-10-14-23-15-13-17(3)11-12-18(6-2)20(4)16-19(21)22/h5-12H,1,3,13-16H2,2,4H3,(H,21,22)/b8-7-,10-9+,12-11-,18-6+. The number of rotatable bonds is 12. The lowest BCUT2D eigenvalue weighted by Crippen LogP contribution is -2.24. The summed E-state index contributed by atoms with van der Waals surface area (Å²) in [6, 6.07) is 0. The van der Waals surface area contributed by atoms with Crippen molar-refractivity contribution in [2.24, 2.45) is 0 Å². The van der Waals surface area contributed by atoms with Crippen LogP contribution in [-0.4, -0.2) is 42.8 Å². The molecule has 0 aliphatic carbocycles. The van der Waals surface area contributed by atoms with Crippen molar-refractivity contribution in [3.8, 4) is 0 Å². The van der Waals surface area contributed by atoms with Crippen LogP contribution in [-0.2, 0) is 9.53 Å². The minimum absolute atomic E-state index is 0.0355. The number of carboxylic acids is 1. The number of carbonyl (C=O) groups is 1. The molecule has 0 spiro atoms. The van der Waals surface area contributed by atoms with Crippen molar-refractivity contribution in [2.75, 3.05) is 26.8 Å². The highest BCUT2D eigenvalue weighted by molar-refractivity contribution is 5.69. The summed E-state index contributed by atoms with van der Waals surface area (Å²) in [5, 5.41) is 8.80. The van der Waals surface area contributed by atoms with Crippen LogP contribution in [0, 0.1) is 0 Å². The number of nitrogens with zero attached hydrogens (tertiary/aromatic N) is 1. The Morgan fingerprint density at radius 2 is 2.00 bits per heavy atom. The van der Waals surface area contributed by atoms with Crippen LogP contribution < -0.4 is 0 Å². The van der Waals surface area contributed by atoms with Crippen LogP contribution in [0.4, 0.5) is 0 Å². The second-order valence-electron chi connectivity index (χ2n) is 4.83. The topological polar surface area (TPSA) is 49.8 Å². The number of ether oxygens (including phenoxy) is 1. The normalized spacial score (nSPS) is 12.3. The highest BCUT2D eigenvalue weighted by atomic mass is 16.5. The second kappa shape index (κ2) is 13.3. The van der Waals surface area contributed by atoms with E-state index in [1.807, 2.05) is 49.5 Å². The van der Waals surface area contributed by atoms with E-state index in [0.29, 0.717) is 13.2 Å². The van der Waals surface area contributed by atoms with Gasteiger partial charge in [0.2, 0.25) is 0 Å². The predicted molar refractivity (Wildman–Crippen MR) is 96.2 cm³/mol. The summed E-state index contributed by atoms with van der Waals surface area (Å²) >= 11 is 0. The lowest BCUT2D eigenvalue weighted by molar-refractivity contribution is -0.137. The van der Waals surface area contributed by atoms with Gasteiger partial charge in [0.05, 0.1) is 13.2 Å². The number of hydrogen-bond donors (Lipinski definition) is 1. The van der Waals surface area contributed by atoms with Gasteiger partial charge < -0.3 is 14.7 Å². The van der Waals surface area contributed by atoms with E-state index in [1.165, 1.54) is 0 Å². The summed E-state index contributed by atoms with van der Waals surface area (Å²) < 4.78 is 5.47. The smallest absolute Gasteiger partial charge is 0.323 e. The summed E-state index contributed by atoms with van der Waals surface area (Å²) in [7, 11) is 1.74. The zero-order valence-electron chi connectivity index (χ0n) is 14.1. The van der Waals surface area contributed by atoms with Crippen molar-refractivity contribution in [3.05, 3.63) is 73.0 Å². The molecule has 0 aromatic heterocycles. The predicted octanol–water partition coefficient (Wildman–Crippen LogP) is 3.72. The second-order valence-corrected chi connectivity index (χ2v) is 4.83. The molecular formula is C19H27NO3. The maximum atomic E-state index is 10.7. The summed E-state index contributed by atoms with van der Waals surface area (Å²) in [5.41, 5.74) is 1.77. The van der Waals surface area contributed by atoms with Crippen LogP contribution >= 0.6 is 0 Å². The average Bonchev–Trinajstić information content (AvgIpc) is 2.49. The quantitative estimate of drug-likeness (QED) is 0.440. The van der Waals surface area contributed by atoms with Gasteiger partial charge >= 0.3 is 5.97 Å². The molecule has 0 aromatic carbocycles. The highest BCUT2D eigenvalue weighted by Gasteiger charge is 2.04. The first-order chi connectivity index (χ1) is 11.0. The largest absolute Gasteiger partial charge is 0.480 e. The molecule has 0 amide bonds. The van der Waals surface area contributed by atoms with Crippen molar-refractivity contribution in [1.29, 1.82) is 0 Å². The van der Waals surface area contributed by atoms with Crippen LogP contribution in [0.2, 0.25) is 0 Å². The average molecular weight is 317 g/mol. The summed E-state index contributed by atoms with van der Waals surface area (Å²) in [6.45, 7) is 10.5. The lowest BCUT2D eigenvalue weighted by atomic mass is 10.2. The molecular weight excluding hydrogens is 290 g/mol. The fourth-order valence-corrected chi connectivity index (χ4v) is 1.66. The Labute approximate surface area is 139 Å². The summed E-state index contributed by atoms with van der Waals surface area (Å²) in [5.74, 6) is -0.858. The molecule has 0 aliphatic heterocycles. The van der Waals surface area contributed by atoms with E-state index in [0.717, 1.165) is 17.7 Å². The number of aliphatic carboxylic acids is 1. The first kappa shape index (κ1) is 20.7. The van der Waals surface area contributed by atoms with Gasteiger partial charge in [-0.25, -0.2) is 0 Å². The summed E-state index contributed by atoms with van der Waals surface area (Å²) in [4.78, 5) is 12.4. The van der Waals surface area contributed by atoms with Crippen LogP contribution in [0.3, 0.4) is 0 Å². The van der Waals surface area contributed by atoms with Crippen LogP contribution in [0.1, 0.15) is 13.3 Å². The molecule has 4 heteroatoms. The third-order valence-electron chi connectivity index (χ3n) is 2.87. The number of allylic oxidation sites excluding steroid dienone is 7. The SMILES string of the molecule is C=C/C=C\C=C\COCCC(=C)/C=C\C(=C/C)N(C)CC(=O)O. The molecule has 0 bridgehead atoms. The highest BCUT2D eigenvalue weighted by Crippen LogP contribution is 2.07. The van der Waals surface area contributed by atoms with E-state index >= 15 is 0 Å². The molecule has 0 rings (SSSR count). The molecule has 0 aromatic rings. The molecule has 4 nitrogen and oxygen atoms in total. The van der Waals surface area contributed by atoms with Crippen LogP contribution in [0.25, 0.3) is 0 Å². The lowest BCUT2D eigenvalue weighted by Gasteiger charge is -2.17. The van der Waals surface area contributed by atoms with Crippen molar-refractivity contribution >= 4 is 5.97 Å². The third-order valence-corrected chi connectivity index (χ3v) is 2.87. The van der Waals surface area contributed by atoms with Gasteiger partial charge in [-0.2, -0.15) is 0 Å². The minimum atomic E-state index is -0.858. The molecule has 1 N–H and O–H groups in total. The fourth-order valence-electron chi connectivity index (χ4n) is 1.66. The van der Waals surface area contributed by atoms with E-state index in [-0.39, 0.29) is 6.54 Å². The van der Waals surface area contributed by atoms with E-state index in [1.54, 1.807) is 18.0 Å². The van der Waals surface area contributed by atoms with E-state index in [2.05, 4.69) is 13.2 Å². The Morgan fingerprint density at radius 3 is 2.61 bits per heavy atom. The minimum Gasteiger partial charge on any atom is -0.480 e. The molecule has 0 saturated heterocycles. The molecule has 0 fully saturated rings. The van der Waals surface area contributed by atoms with Crippen molar-refractivity contribution in [2.45, 2.75) is 13.3 Å². The van der Waals surface area contributed by atoms with Crippen LogP contribution in [0.5, 0.6) is 0 Å². The molecule has 0 saturated carbocycles. The molecule has 0 radical (unpaired) electrons. The zero-order valence-corrected chi connectivity index (χ0v) is 14.1. The summed E-state index contributed by atoms with van der Waals surface area (Å²) in [6.07, 6.45) is 15.6. The molecule has 0 heterocycles. The molecule has 0 unspecified atom stereocenters. The molecule has 0 aliphatic rings. The maximum Gasteiger partial charge on any atom is 0.323 e. The van der Waals surface area contributed by atoms with Gasteiger partial charge in [0.25, 0.3) is 0 Å². The van der Waals surface area contributed by atoms with Crippen molar-refractivity contribution < 1.29 is 14.6 Å². The van der Waals surface area contributed by atoms with Gasteiger partial charge in [0.1, 0.15) is 6.54 Å². The van der Waals surface area contributed by atoms with Gasteiger partial charge in [-0.05, 0) is 19.4 Å². The van der Waals surface area contributed by atoms with Crippen LogP contribution in [0.15, 0.2) is 73.0 Å². The first-order valence-electron chi connectivity index (χ1n) is 7.48. The molecule has 126 valence electrons. The van der Waals surface area contributed by atoms with E-state index in [9.17, 15) is 4.79 Å².